The molecule has 3 nitrogen and oxygen atoms in total. The van der Waals surface area contributed by atoms with Crippen LogP contribution in [0.5, 0.6) is 0 Å². The van der Waals surface area contributed by atoms with Gasteiger partial charge in [-0.2, -0.15) is 0 Å². The molecule has 0 amide bonds. The number of rotatable bonds is 10. The van der Waals surface area contributed by atoms with Gasteiger partial charge in [0.05, 0.1) is 18.8 Å². The van der Waals surface area contributed by atoms with Crippen molar-refractivity contribution < 1.29 is 9.47 Å². The summed E-state index contributed by atoms with van der Waals surface area (Å²) in [6, 6.07) is 0.329. The van der Waals surface area contributed by atoms with Crippen LogP contribution < -0.4 is 5.32 Å². The number of likely N-dealkylation sites (N-methyl/N-ethyl adjacent to an activating group) is 1. The molecule has 92 valence electrons. The van der Waals surface area contributed by atoms with Crippen molar-refractivity contribution in [3.8, 4) is 0 Å². The van der Waals surface area contributed by atoms with Gasteiger partial charge < -0.3 is 14.8 Å². The molecule has 0 rings (SSSR count). The van der Waals surface area contributed by atoms with Gasteiger partial charge in [0.2, 0.25) is 0 Å². The molecule has 0 radical (unpaired) electrons. The topological polar surface area (TPSA) is 30.5 Å². The van der Waals surface area contributed by atoms with E-state index in [2.05, 4.69) is 19.2 Å². The molecule has 0 spiro atoms. The number of hydrogen-bond acceptors (Lipinski definition) is 3. The van der Waals surface area contributed by atoms with Crippen molar-refractivity contribution in [3.05, 3.63) is 0 Å². The zero-order chi connectivity index (χ0) is 11.5. The van der Waals surface area contributed by atoms with Crippen molar-refractivity contribution in [2.24, 2.45) is 0 Å². The lowest BCUT2D eigenvalue weighted by molar-refractivity contribution is -0.00176. The molecule has 0 aromatic rings. The highest BCUT2D eigenvalue weighted by Gasteiger charge is 2.20. The van der Waals surface area contributed by atoms with E-state index in [1.54, 1.807) is 0 Å². The monoisotopic (exact) mass is 217 g/mol. The van der Waals surface area contributed by atoms with Crippen LogP contribution in [-0.2, 0) is 9.47 Å². The van der Waals surface area contributed by atoms with E-state index in [4.69, 9.17) is 9.47 Å². The maximum Gasteiger partial charge on any atom is 0.0750 e. The first-order valence-corrected chi connectivity index (χ1v) is 6.22. The molecule has 0 aliphatic heterocycles. The van der Waals surface area contributed by atoms with E-state index >= 15 is 0 Å². The molecule has 0 saturated heterocycles. The van der Waals surface area contributed by atoms with E-state index in [0.29, 0.717) is 6.04 Å². The van der Waals surface area contributed by atoms with E-state index in [1.807, 2.05) is 13.8 Å². The van der Waals surface area contributed by atoms with Crippen LogP contribution in [0.1, 0.15) is 40.5 Å². The molecule has 3 heteroatoms. The minimum atomic E-state index is 0.284. The molecular weight excluding hydrogens is 190 g/mol. The van der Waals surface area contributed by atoms with Crippen LogP contribution >= 0.6 is 0 Å². The predicted molar refractivity (Wildman–Crippen MR) is 64.3 cm³/mol. The fourth-order valence-corrected chi connectivity index (χ4v) is 1.70. The molecule has 0 heterocycles. The number of ether oxygens (including phenoxy) is 2. The van der Waals surface area contributed by atoms with Crippen LogP contribution in [0.15, 0.2) is 0 Å². The molecule has 0 aromatic heterocycles. The third kappa shape index (κ3) is 6.88. The maximum absolute atomic E-state index is 5.75. The lowest BCUT2D eigenvalue weighted by Crippen LogP contribution is -2.44. The molecule has 2 atom stereocenters. The molecule has 0 aliphatic rings. The summed E-state index contributed by atoms with van der Waals surface area (Å²) in [5.41, 5.74) is 0. The van der Waals surface area contributed by atoms with Crippen LogP contribution in [0.3, 0.4) is 0 Å². The summed E-state index contributed by atoms with van der Waals surface area (Å²) in [6.45, 7) is 11.6. The van der Waals surface area contributed by atoms with Gasteiger partial charge in [-0.25, -0.2) is 0 Å². The number of hydrogen-bond donors (Lipinski definition) is 1. The SMILES string of the molecule is CCCC(OCC)C(COCC)NCC. The van der Waals surface area contributed by atoms with Crippen molar-refractivity contribution in [2.75, 3.05) is 26.4 Å². The average Bonchev–Trinajstić information content (AvgIpc) is 2.24. The Kier molecular flexibility index (Phi) is 10.3. The van der Waals surface area contributed by atoms with Gasteiger partial charge in [0.1, 0.15) is 0 Å². The Hall–Kier alpha value is -0.120. The average molecular weight is 217 g/mol. The minimum Gasteiger partial charge on any atom is -0.380 e. The van der Waals surface area contributed by atoms with Crippen molar-refractivity contribution in [1.29, 1.82) is 0 Å². The van der Waals surface area contributed by atoms with Gasteiger partial charge in [0.25, 0.3) is 0 Å². The normalized spacial score (nSPS) is 15.2. The molecule has 0 bridgehead atoms. The zero-order valence-electron chi connectivity index (χ0n) is 10.7. The summed E-state index contributed by atoms with van der Waals surface area (Å²) in [4.78, 5) is 0. The van der Waals surface area contributed by atoms with Gasteiger partial charge in [-0.1, -0.05) is 20.3 Å². The molecule has 0 fully saturated rings. The lowest BCUT2D eigenvalue weighted by Gasteiger charge is -2.27. The summed E-state index contributed by atoms with van der Waals surface area (Å²) in [5, 5.41) is 3.44. The first kappa shape index (κ1) is 14.9. The summed E-state index contributed by atoms with van der Waals surface area (Å²) >= 11 is 0. The Bertz CT molecular complexity index is 125. The molecule has 0 saturated carbocycles. The maximum atomic E-state index is 5.75. The highest BCUT2D eigenvalue weighted by molar-refractivity contribution is 4.76. The van der Waals surface area contributed by atoms with Crippen molar-refractivity contribution >= 4 is 0 Å². The Balaban J connectivity index is 4.09. The quantitative estimate of drug-likeness (QED) is 0.608. The number of nitrogens with one attached hydrogen (secondary N) is 1. The molecule has 0 aliphatic carbocycles. The lowest BCUT2D eigenvalue weighted by atomic mass is 10.1. The first-order chi connectivity index (χ1) is 7.29. The highest BCUT2D eigenvalue weighted by Crippen LogP contribution is 2.08. The Morgan fingerprint density at radius 3 is 2.27 bits per heavy atom. The third-order valence-corrected chi connectivity index (χ3v) is 2.37. The second kappa shape index (κ2) is 10.4. The molecule has 0 aromatic carbocycles. The van der Waals surface area contributed by atoms with Crippen LogP contribution in [0.25, 0.3) is 0 Å². The van der Waals surface area contributed by atoms with Gasteiger partial charge in [0, 0.05) is 13.2 Å². The van der Waals surface area contributed by atoms with E-state index in [0.717, 1.165) is 39.2 Å². The van der Waals surface area contributed by atoms with Gasteiger partial charge in [-0.3, -0.25) is 0 Å². The smallest absolute Gasteiger partial charge is 0.0750 e. The molecule has 1 N–H and O–H groups in total. The molecule has 15 heavy (non-hydrogen) atoms. The van der Waals surface area contributed by atoms with Gasteiger partial charge in [-0.15, -0.1) is 0 Å². The van der Waals surface area contributed by atoms with E-state index < -0.39 is 0 Å². The third-order valence-electron chi connectivity index (χ3n) is 2.37. The zero-order valence-corrected chi connectivity index (χ0v) is 10.7. The van der Waals surface area contributed by atoms with Crippen molar-refractivity contribution in [1.82, 2.24) is 5.32 Å². The minimum absolute atomic E-state index is 0.284. The van der Waals surface area contributed by atoms with Crippen LogP contribution in [0, 0.1) is 0 Å². The van der Waals surface area contributed by atoms with Crippen molar-refractivity contribution in [3.63, 3.8) is 0 Å². The summed E-state index contributed by atoms with van der Waals surface area (Å²) in [7, 11) is 0. The van der Waals surface area contributed by atoms with Gasteiger partial charge >= 0.3 is 0 Å². The summed E-state index contributed by atoms with van der Waals surface area (Å²) < 4.78 is 11.2. The highest BCUT2D eigenvalue weighted by atomic mass is 16.5. The Morgan fingerprint density at radius 2 is 1.80 bits per heavy atom. The van der Waals surface area contributed by atoms with E-state index in [1.165, 1.54) is 0 Å². The van der Waals surface area contributed by atoms with Crippen molar-refractivity contribution in [2.45, 2.75) is 52.7 Å². The predicted octanol–water partition coefficient (Wildman–Crippen LogP) is 2.21. The summed E-state index contributed by atoms with van der Waals surface area (Å²) in [5.74, 6) is 0. The fourth-order valence-electron chi connectivity index (χ4n) is 1.70. The summed E-state index contributed by atoms with van der Waals surface area (Å²) in [6.07, 6.45) is 2.53. The van der Waals surface area contributed by atoms with Crippen LogP contribution in [-0.4, -0.2) is 38.5 Å². The second-order valence-electron chi connectivity index (χ2n) is 3.61. The standard InChI is InChI=1S/C12H27NO2/c1-5-9-12(15-8-4)11(13-6-2)10-14-7-3/h11-13H,5-10H2,1-4H3. The molecular formula is C12H27NO2. The largest absolute Gasteiger partial charge is 0.380 e. The second-order valence-corrected chi connectivity index (χ2v) is 3.61. The molecule has 2 unspecified atom stereocenters. The Morgan fingerprint density at radius 1 is 1.07 bits per heavy atom. The Labute approximate surface area is 94.5 Å². The van der Waals surface area contributed by atoms with Crippen LogP contribution in [0.4, 0.5) is 0 Å². The fraction of sp³-hybridized carbons (Fsp3) is 1.00. The van der Waals surface area contributed by atoms with E-state index in [-0.39, 0.29) is 6.10 Å². The van der Waals surface area contributed by atoms with Crippen LogP contribution in [0.2, 0.25) is 0 Å². The van der Waals surface area contributed by atoms with Gasteiger partial charge in [0.15, 0.2) is 0 Å². The van der Waals surface area contributed by atoms with Gasteiger partial charge in [-0.05, 0) is 26.8 Å². The first-order valence-electron chi connectivity index (χ1n) is 6.22. The van der Waals surface area contributed by atoms with E-state index in [9.17, 15) is 0 Å².